The molecule has 0 radical (unpaired) electrons. The number of nitrogens with zero attached hydrogens (tertiary/aromatic N) is 3. The van der Waals surface area contributed by atoms with E-state index in [1.54, 1.807) is 44.6 Å². The van der Waals surface area contributed by atoms with Crippen LogP contribution in [0.15, 0.2) is 47.8 Å². The predicted molar refractivity (Wildman–Crippen MR) is 81.3 cm³/mol. The van der Waals surface area contributed by atoms with Crippen LogP contribution in [0.1, 0.15) is 12.6 Å². The Morgan fingerprint density at radius 1 is 1.24 bits per heavy atom. The molecule has 2 aromatic rings. The van der Waals surface area contributed by atoms with Crippen LogP contribution in [-0.2, 0) is 16.6 Å². The monoisotopic (exact) mass is 306 g/mol. The molecule has 2 rings (SSSR count). The molecule has 0 bridgehead atoms. The smallest absolute Gasteiger partial charge is 0.247 e. The molecular weight excluding hydrogens is 288 g/mol. The molecule has 0 spiro atoms. The van der Waals surface area contributed by atoms with Crippen molar-refractivity contribution in [3.05, 3.63) is 48.5 Å². The quantitative estimate of drug-likeness (QED) is 0.879. The molecular formula is C14H18N4O2S. The van der Waals surface area contributed by atoms with Gasteiger partial charge in [0.05, 0.1) is 17.9 Å². The molecule has 0 fully saturated rings. The van der Waals surface area contributed by atoms with Crippen LogP contribution in [0, 0.1) is 0 Å². The molecule has 2 heterocycles. The average molecular weight is 306 g/mol. The fourth-order valence-corrected chi connectivity index (χ4v) is 3.53. The van der Waals surface area contributed by atoms with E-state index >= 15 is 0 Å². The van der Waals surface area contributed by atoms with Gasteiger partial charge >= 0.3 is 0 Å². The summed E-state index contributed by atoms with van der Waals surface area (Å²) >= 11 is 0. The van der Waals surface area contributed by atoms with E-state index in [9.17, 15) is 8.42 Å². The zero-order valence-electron chi connectivity index (χ0n) is 12.0. The summed E-state index contributed by atoms with van der Waals surface area (Å²) in [7, 11) is -1.94. The molecule has 0 aliphatic heterocycles. The highest BCUT2D eigenvalue weighted by atomic mass is 32.2. The molecule has 112 valence electrons. The fourth-order valence-electron chi connectivity index (χ4n) is 1.97. The van der Waals surface area contributed by atoms with E-state index in [0.717, 1.165) is 0 Å². The highest BCUT2D eigenvalue weighted by molar-refractivity contribution is 7.89. The van der Waals surface area contributed by atoms with Crippen LogP contribution >= 0.6 is 0 Å². The standard InChI is InChI=1S/C14H18N4O2S/c1-3-18(11-12-6-4-5-8-17-12)21(19,20)14-10-16-9-7-13(14)15-2/h4-10H,3,11H2,1-2H3,(H,15,16). The highest BCUT2D eigenvalue weighted by Gasteiger charge is 2.26. The first-order valence-electron chi connectivity index (χ1n) is 6.61. The Labute approximate surface area is 124 Å². The molecule has 0 saturated carbocycles. The predicted octanol–water partition coefficient (Wildman–Crippen LogP) is 1.73. The van der Waals surface area contributed by atoms with Crippen molar-refractivity contribution >= 4 is 15.7 Å². The fraction of sp³-hybridized carbons (Fsp3) is 0.286. The maximum atomic E-state index is 12.8. The number of aromatic nitrogens is 2. The van der Waals surface area contributed by atoms with Gasteiger partial charge in [0.25, 0.3) is 0 Å². The number of anilines is 1. The van der Waals surface area contributed by atoms with Crippen LogP contribution in [0.4, 0.5) is 5.69 Å². The second-order valence-electron chi connectivity index (χ2n) is 4.37. The summed E-state index contributed by atoms with van der Waals surface area (Å²) < 4.78 is 26.9. The van der Waals surface area contributed by atoms with Gasteiger partial charge in [-0.25, -0.2) is 8.42 Å². The molecule has 0 atom stereocenters. The minimum Gasteiger partial charge on any atom is -0.387 e. The molecule has 2 aromatic heterocycles. The summed E-state index contributed by atoms with van der Waals surface area (Å²) in [5.74, 6) is 0. The highest BCUT2D eigenvalue weighted by Crippen LogP contribution is 2.23. The molecule has 6 nitrogen and oxygen atoms in total. The molecule has 0 aromatic carbocycles. The van der Waals surface area contributed by atoms with Gasteiger partial charge in [-0.2, -0.15) is 4.31 Å². The van der Waals surface area contributed by atoms with E-state index in [-0.39, 0.29) is 11.4 Å². The van der Waals surface area contributed by atoms with E-state index in [4.69, 9.17) is 0 Å². The summed E-state index contributed by atoms with van der Waals surface area (Å²) in [5, 5.41) is 2.88. The van der Waals surface area contributed by atoms with Crippen molar-refractivity contribution in [2.45, 2.75) is 18.4 Å². The van der Waals surface area contributed by atoms with E-state index in [1.165, 1.54) is 10.5 Å². The lowest BCUT2D eigenvalue weighted by atomic mass is 10.3. The SMILES string of the molecule is CCN(Cc1ccccn1)S(=O)(=O)c1cnccc1NC. The van der Waals surface area contributed by atoms with Gasteiger partial charge in [0.1, 0.15) is 4.90 Å². The number of rotatable bonds is 6. The summed E-state index contributed by atoms with van der Waals surface area (Å²) in [6.45, 7) is 2.39. The Bertz CT molecular complexity index is 689. The van der Waals surface area contributed by atoms with Crippen molar-refractivity contribution < 1.29 is 8.42 Å². The average Bonchev–Trinajstić information content (AvgIpc) is 2.53. The number of sulfonamides is 1. The lowest BCUT2D eigenvalue weighted by Crippen LogP contribution is -2.31. The van der Waals surface area contributed by atoms with Crippen molar-refractivity contribution in [1.82, 2.24) is 14.3 Å². The van der Waals surface area contributed by atoms with Crippen LogP contribution in [-0.4, -0.2) is 36.3 Å². The molecule has 1 N–H and O–H groups in total. The van der Waals surface area contributed by atoms with Gasteiger partial charge in [-0.15, -0.1) is 0 Å². The lowest BCUT2D eigenvalue weighted by molar-refractivity contribution is 0.419. The molecule has 0 aliphatic carbocycles. The Morgan fingerprint density at radius 3 is 2.67 bits per heavy atom. The first-order chi connectivity index (χ1) is 10.1. The van der Waals surface area contributed by atoms with Crippen LogP contribution < -0.4 is 5.32 Å². The van der Waals surface area contributed by atoms with Gasteiger partial charge in [0.2, 0.25) is 10.0 Å². The third kappa shape index (κ3) is 3.37. The van der Waals surface area contributed by atoms with E-state index in [0.29, 0.717) is 17.9 Å². The molecule has 21 heavy (non-hydrogen) atoms. The molecule has 0 saturated heterocycles. The van der Waals surface area contributed by atoms with Gasteiger partial charge in [0.15, 0.2) is 0 Å². The van der Waals surface area contributed by atoms with E-state index in [2.05, 4.69) is 15.3 Å². The molecule has 0 unspecified atom stereocenters. The van der Waals surface area contributed by atoms with Gasteiger partial charge in [0, 0.05) is 32.2 Å². The number of nitrogens with one attached hydrogen (secondary N) is 1. The number of hydrogen-bond acceptors (Lipinski definition) is 5. The third-order valence-electron chi connectivity index (χ3n) is 3.09. The second-order valence-corrected chi connectivity index (χ2v) is 6.28. The number of hydrogen-bond donors (Lipinski definition) is 1. The molecule has 7 heteroatoms. The first kappa shape index (κ1) is 15.4. The Kier molecular flexibility index (Phi) is 4.87. The van der Waals surface area contributed by atoms with Crippen molar-refractivity contribution in [1.29, 1.82) is 0 Å². The van der Waals surface area contributed by atoms with Crippen LogP contribution in [0.3, 0.4) is 0 Å². The van der Waals surface area contributed by atoms with Gasteiger partial charge in [-0.1, -0.05) is 13.0 Å². The minimum absolute atomic E-state index is 0.172. The van der Waals surface area contributed by atoms with Crippen molar-refractivity contribution in [2.24, 2.45) is 0 Å². The maximum absolute atomic E-state index is 12.8. The Hall–Kier alpha value is -1.99. The second kappa shape index (κ2) is 6.64. The van der Waals surface area contributed by atoms with Gasteiger partial charge < -0.3 is 5.32 Å². The first-order valence-corrected chi connectivity index (χ1v) is 8.05. The van der Waals surface area contributed by atoms with E-state index < -0.39 is 10.0 Å². The zero-order valence-corrected chi connectivity index (χ0v) is 12.8. The minimum atomic E-state index is -3.62. The topological polar surface area (TPSA) is 75.2 Å². The van der Waals surface area contributed by atoms with Crippen LogP contribution in [0.5, 0.6) is 0 Å². The molecule has 0 aliphatic rings. The van der Waals surface area contributed by atoms with E-state index in [1.807, 2.05) is 6.07 Å². The van der Waals surface area contributed by atoms with Gasteiger partial charge in [-0.3, -0.25) is 9.97 Å². The third-order valence-corrected chi connectivity index (χ3v) is 5.04. The van der Waals surface area contributed by atoms with Crippen LogP contribution in [0.2, 0.25) is 0 Å². The molecule has 0 amide bonds. The summed E-state index contributed by atoms with van der Waals surface area (Å²) in [6.07, 6.45) is 4.57. The van der Waals surface area contributed by atoms with Crippen molar-refractivity contribution in [2.75, 3.05) is 18.9 Å². The normalized spacial score (nSPS) is 11.6. The summed E-state index contributed by atoms with van der Waals surface area (Å²) in [5.41, 5.74) is 1.24. The Morgan fingerprint density at radius 2 is 2.05 bits per heavy atom. The summed E-state index contributed by atoms with van der Waals surface area (Å²) in [4.78, 5) is 8.27. The summed E-state index contributed by atoms with van der Waals surface area (Å²) in [6, 6.07) is 7.09. The lowest BCUT2D eigenvalue weighted by Gasteiger charge is -2.21. The van der Waals surface area contributed by atoms with Crippen LogP contribution in [0.25, 0.3) is 0 Å². The number of pyridine rings is 2. The maximum Gasteiger partial charge on any atom is 0.247 e. The van der Waals surface area contributed by atoms with Crippen molar-refractivity contribution in [3.8, 4) is 0 Å². The Balaban J connectivity index is 2.36. The van der Waals surface area contributed by atoms with Crippen molar-refractivity contribution in [3.63, 3.8) is 0 Å². The largest absolute Gasteiger partial charge is 0.387 e. The zero-order chi connectivity index (χ0) is 15.3. The van der Waals surface area contributed by atoms with Gasteiger partial charge in [-0.05, 0) is 18.2 Å².